The molecule has 0 amide bonds. The van der Waals surface area contributed by atoms with Crippen molar-refractivity contribution in [3.8, 4) is 0 Å². The second-order valence-electron chi connectivity index (χ2n) is 7.83. The zero-order valence-electron chi connectivity index (χ0n) is 16.8. The Bertz CT molecular complexity index is 263. The van der Waals surface area contributed by atoms with Crippen LogP contribution in [0.15, 0.2) is 0 Å². The molecule has 0 saturated carbocycles. The van der Waals surface area contributed by atoms with E-state index in [2.05, 4.69) is 20.8 Å². The van der Waals surface area contributed by atoms with E-state index in [0.29, 0.717) is 6.10 Å². The van der Waals surface area contributed by atoms with Crippen molar-refractivity contribution in [2.75, 3.05) is 32.8 Å². The van der Waals surface area contributed by atoms with E-state index in [-0.39, 0.29) is 12.4 Å². The van der Waals surface area contributed by atoms with Gasteiger partial charge >= 0.3 is 0 Å². The first-order chi connectivity index (χ1) is 11.3. The first-order valence-electron chi connectivity index (χ1n) is 10.7. The van der Waals surface area contributed by atoms with E-state index in [1.807, 2.05) is 0 Å². The summed E-state index contributed by atoms with van der Waals surface area (Å²) < 4.78 is 6.87. The molecule has 0 aromatic carbocycles. The Labute approximate surface area is 158 Å². The zero-order valence-corrected chi connectivity index (χ0v) is 17.6. The highest BCUT2D eigenvalue weighted by Gasteiger charge is 2.35. The van der Waals surface area contributed by atoms with E-state index >= 15 is 0 Å². The summed E-state index contributed by atoms with van der Waals surface area (Å²) in [4.78, 5) is 0. The number of ether oxygens (including phenoxy) is 1. The second-order valence-corrected chi connectivity index (χ2v) is 7.83. The van der Waals surface area contributed by atoms with Gasteiger partial charge in [-0.1, -0.05) is 72.1 Å². The smallest absolute Gasteiger partial charge is 0.130 e. The van der Waals surface area contributed by atoms with Gasteiger partial charge in [-0.2, -0.15) is 0 Å². The van der Waals surface area contributed by atoms with E-state index in [9.17, 15) is 0 Å². The molecule has 1 unspecified atom stereocenters. The van der Waals surface area contributed by atoms with Gasteiger partial charge in [0.25, 0.3) is 0 Å². The quantitative estimate of drug-likeness (QED) is 0.220. The Morgan fingerprint density at radius 2 is 1.12 bits per heavy atom. The molecular formula is C21H44ClNO. The normalized spacial score (nSPS) is 16.9. The maximum Gasteiger partial charge on any atom is 0.130 e. The third kappa shape index (κ3) is 11.7. The van der Waals surface area contributed by atoms with Crippen molar-refractivity contribution in [1.29, 1.82) is 0 Å². The van der Waals surface area contributed by atoms with Crippen molar-refractivity contribution in [2.24, 2.45) is 0 Å². The van der Waals surface area contributed by atoms with Gasteiger partial charge in [-0.25, -0.2) is 0 Å². The van der Waals surface area contributed by atoms with Crippen molar-refractivity contribution in [3.63, 3.8) is 0 Å². The Morgan fingerprint density at radius 3 is 1.54 bits per heavy atom. The SMILES string of the molecule is CCCCCCCCCCCC[N+](CCC)(CCC)CC1CO1.[Cl-]. The maximum absolute atomic E-state index is 5.54. The predicted molar refractivity (Wildman–Crippen MR) is 102 cm³/mol. The van der Waals surface area contributed by atoms with Crippen LogP contribution in [0.4, 0.5) is 0 Å². The molecule has 146 valence electrons. The van der Waals surface area contributed by atoms with E-state index in [1.165, 1.54) is 108 Å². The van der Waals surface area contributed by atoms with Crippen LogP contribution in [0.3, 0.4) is 0 Å². The van der Waals surface area contributed by atoms with Crippen molar-refractivity contribution < 1.29 is 21.6 Å². The minimum absolute atomic E-state index is 0. The zero-order chi connectivity index (χ0) is 16.8. The highest BCUT2D eigenvalue weighted by molar-refractivity contribution is 4.69. The minimum atomic E-state index is 0. The molecule has 1 atom stereocenters. The number of quaternary nitrogens is 1. The highest BCUT2D eigenvalue weighted by atomic mass is 35.5. The van der Waals surface area contributed by atoms with E-state index in [1.54, 1.807) is 0 Å². The molecular weight excluding hydrogens is 318 g/mol. The first kappa shape index (κ1) is 24.2. The summed E-state index contributed by atoms with van der Waals surface area (Å²) in [5, 5.41) is 0. The Morgan fingerprint density at radius 1 is 0.667 bits per heavy atom. The van der Waals surface area contributed by atoms with Crippen molar-refractivity contribution in [2.45, 2.75) is 104 Å². The van der Waals surface area contributed by atoms with Gasteiger partial charge < -0.3 is 21.6 Å². The molecule has 1 aliphatic rings. The van der Waals surface area contributed by atoms with Gasteiger partial charge in [-0.05, 0) is 25.7 Å². The molecule has 0 radical (unpaired) electrons. The highest BCUT2D eigenvalue weighted by Crippen LogP contribution is 2.21. The van der Waals surface area contributed by atoms with Crippen LogP contribution in [0, 0.1) is 0 Å². The molecule has 0 spiro atoms. The molecule has 1 rings (SSSR count). The summed E-state index contributed by atoms with van der Waals surface area (Å²) in [6, 6.07) is 0. The number of epoxide rings is 1. The molecule has 0 aromatic heterocycles. The molecule has 2 nitrogen and oxygen atoms in total. The molecule has 1 heterocycles. The van der Waals surface area contributed by atoms with Crippen LogP contribution in [0.2, 0.25) is 0 Å². The summed E-state index contributed by atoms with van der Waals surface area (Å²) in [5.41, 5.74) is 0. The predicted octanol–water partition coefficient (Wildman–Crippen LogP) is 2.95. The molecule has 0 N–H and O–H groups in total. The number of hydrogen-bond donors (Lipinski definition) is 0. The Kier molecular flexibility index (Phi) is 15.6. The van der Waals surface area contributed by atoms with E-state index < -0.39 is 0 Å². The largest absolute Gasteiger partial charge is 1.00 e. The fourth-order valence-electron chi connectivity index (χ4n) is 4.10. The fourth-order valence-corrected chi connectivity index (χ4v) is 4.10. The third-order valence-corrected chi connectivity index (χ3v) is 5.38. The van der Waals surface area contributed by atoms with Gasteiger partial charge in [-0.15, -0.1) is 0 Å². The van der Waals surface area contributed by atoms with Gasteiger partial charge in [0.1, 0.15) is 12.6 Å². The lowest BCUT2D eigenvalue weighted by Crippen LogP contribution is -3.00. The number of hydrogen-bond acceptors (Lipinski definition) is 1. The monoisotopic (exact) mass is 361 g/mol. The molecule has 0 aromatic rings. The summed E-state index contributed by atoms with van der Waals surface area (Å²) in [7, 11) is 0. The van der Waals surface area contributed by atoms with Gasteiger partial charge in [0.05, 0.1) is 26.2 Å². The van der Waals surface area contributed by atoms with Crippen molar-refractivity contribution in [1.82, 2.24) is 0 Å². The average molecular weight is 362 g/mol. The van der Waals surface area contributed by atoms with Crippen LogP contribution in [-0.4, -0.2) is 43.4 Å². The number of unbranched alkanes of at least 4 members (excludes halogenated alkanes) is 9. The molecule has 1 saturated heterocycles. The van der Waals surface area contributed by atoms with Crippen molar-refractivity contribution in [3.05, 3.63) is 0 Å². The second kappa shape index (κ2) is 15.5. The van der Waals surface area contributed by atoms with Gasteiger partial charge in [0.2, 0.25) is 0 Å². The summed E-state index contributed by atoms with van der Waals surface area (Å²) in [5.74, 6) is 0. The van der Waals surface area contributed by atoms with Crippen LogP contribution in [0.5, 0.6) is 0 Å². The standard InChI is InChI=1S/C21H44NO.ClH/c1-4-7-8-9-10-11-12-13-14-15-18-22(16-5-2,17-6-3)19-21-20-23-21;/h21H,4-20H2,1-3H3;1H/q+1;/p-1. The van der Waals surface area contributed by atoms with Crippen molar-refractivity contribution >= 4 is 0 Å². The lowest BCUT2D eigenvalue weighted by molar-refractivity contribution is -0.929. The number of nitrogens with zero attached hydrogens (tertiary/aromatic N) is 1. The minimum Gasteiger partial charge on any atom is -1.00 e. The van der Waals surface area contributed by atoms with Gasteiger partial charge in [0.15, 0.2) is 0 Å². The molecule has 0 aliphatic carbocycles. The maximum atomic E-state index is 5.54. The molecule has 24 heavy (non-hydrogen) atoms. The van der Waals surface area contributed by atoms with Gasteiger partial charge in [0, 0.05) is 0 Å². The van der Waals surface area contributed by atoms with Crippen LogP contribution in [0.25, 0.3) is 0 Å². The lowest BCUT2D eigenvalue weighted by Gasteiger charge is -2.38. The molecule has 3 heteroatoms. The molecule has 1 aliphatic heterocycles. The molecule has 0 bridgehead atoms. The lowest BCUT2D eigenvalue weighted by atomic mass is 10.1. The Balaban J connectivity index is 0.00000529. The van der Waals surface area contributed by atoms with Gasteiger partial charge in [-0.3, -0.25) is 0 Å². The number of rotatable bonds is 17. The summed E-state index contributed by atoms with van der Waals surface area (Å²) >= 11 is 0. The number of halogens is 1. The van der Waals surface area contributed by atoms with Crippen LogP contribution >= 0.6 is 0 Å². The van der Waals surface area contributed by atoms with Crippen LogP contribution in [0.1, 0.15) is 97.8 Å². The summed E-state index contributed by atoms with van der Waals surface area (Å²) in [6.45, 7) is 13.4. The third-order valence-electron chi connectivity index (χ3n) is 5.38. The van der Waals surface area contributed by atoms with E-state index in [4.69, 9.17) is 4.74 Å². The van der Waals surface area contributed by atoms with E-state index in [0.717, 1.165) is 6.61 Å². The van der Waals surface area contributed by atoms with Crippen LogP contribution < -0.4 is 12.4 Å². The van der Waals surface area contributed by atoms with Crippen LogP contribution in [-0.2, 0) is 4.74 Å². The fraction of sp³-hybridized carbons (Fsp3) is 1.00. The topological polar surface area (TPSA) is 12.5 Å². The average Bonchev–Trinajstić information content (AvgIpc) is 3.33. The molecule has 1 fully saturated rings. The first-order valence-corrected chi connectivity index (χ1v) is 10.7. The summed E-state index contributed by atoms with van der Waals surface area (Å²) in [6.07, 6.45) is 17.6. The Hall–Kier alpha value is 0.210.